The molecule has 1 aromatic heterocycles. The number of halogens is 3. The molecule has 3 rings (SSSR count). The summed E-state index contributed by atoms with van der Waals surface area (Å²) in [6.07, 6.45) is -4.20. The van der Waals surface area contributed by atoms with E-state index in [1.807, 2.05) is 30.3 Å². The number of carbonyl (C=O) groups is 4. The number of esters is 2. The van der Waals surface area contributed by atoms with Crippen molar-refractivity contribution in [1.29, 1.82) is 0 Å². The summed E-state index contributed by atoms with van der Waals surface area (Å²) in [6.45, 7) is -0.374. The smallest absolute Gasteiger partial charge is 0.394 e. The third-order valence-corrected chi connectivity index (χ3v) is 5.93. The Morgan fingerprint density at radius 2 is 1.55 bits per heavy atom. The molecule has 0 spiro atoms. The van der Waals surface area contributed by atoms with E-state index in [9.17, 15) is 37.5 Å². The Morgan fingerprint density at radius 1 is 0.881 bits per heavy atom. The molecular formula is C29H29F3N4O6. The number of ether oxygens (including phenoxy) is 1. The summed E-state index contributed by atoms with van der Waals surface area (Å²) < 4.78 is 41.7. The lowest BCUT2D eigenvalue weighted by Crippen LogP contribution is -2.50. The number of nitrogens with one attached hydrogen (secondary N) is 3. The Hall–Kier alpha value is -4.78. The average Bonchev–Trinajstić information content (AvgIpc) is 2.98. The molecule has 0 fully saturated rings. The maximum atomic E-state index is 13.0. The van der Waals surface area contributed by atoms with Crippen molar-refractivity contribution in [2.75, 3.05) is 18.5 Å². The lowest BCUT2D eigenvalue weighted by atomic mass is 9.98. The Morgan fingerprint density at radius 3 is 2.17 bits per heavy atom. The molecule has 3 aromatic rings. The van der Waals surface area contributed by atoms with Gasteiger partial charge in [-0.3, -0.25) is 14.4 Å². The normalized spacial score (nSPS) is 12.5. The SMILES string of the molecule is O=C(CCCNc1ccccn1)N[C@H](CO)C(=O)NC(CC(=O)OC(=O)C(F)(F)F)c1ccc(-c2ccccc2)cc1. The standard InChI is InChI=1S/C29H29F3N4O6/c30-29(31,32)28(41)42-26(39)17-22(21-13-11-20(12-14-21)19-7-2-1-3-8-19)36-27(40)23(18-37)35-25(38)10-6-16-34-24-9-4-5-15-33-24/h1-5,7-9,11-15,22-23,37H,6,10,16-18H2,(H,33,34)(H,35,38)(H,36,40)/t22?,23-/m1/s1. The van der Waals surface area contributed by atoms with Crippen molar-refractivity contribution < 1.29 is 42.2 Å². The van der Waals surface area contributed by atoms with Crippen LogP contribution in [-0.4, -0.2) is 59.2 Å². The fourth-order valence-electron chi connectivity index (χ4n) is 3.83. The highest BCUT2D eigenvalue weighted by Gasteiger charge is 2.42. The largest absolute Gasteiger partial charge is 0.491 e. The van der Waals surface area contributed by atoms with Gasteiger partial charge in [0, 0.05) is 19.2 Å². The van der Waals surface area contributed by atoms with Gasteiger partial charge in [0.05, 0.1) is 19.1 Å². The second-order valence-electron chi connectivity index (χ2n) is 9.06. The van der Waals surface area contributed by atoms with Gasteiger partial charge >= 0.3 is 18.1 Å². The number of nitrogens with zero attached hydrogens (tertiary/aromatic N) is 1. The van der Waals surface area contributed by atoms with Crippen LogP contribution >= 0.6 is 0 Å². The van der Waals surface area contributed by atoms with Crippen LogP contribution in [0.2, 0.25) is 0 Å². The van der Waals surface area contributed by atoms with E-state index in [2.05, 4.69) is 25.7 Å². The predicted octanol–water partition coefficient (Wildman–Crippen LogP) is 3.30. The number of anilines is 1. The molecule has 42 heavy (non-hydrogen) atoms. The molecule has 0 aliphatic carbocycles. The van der Waals surface area contributed by atoms with Crippen molar-refractivity contribution in [3.63, 3.8) is 0 Å². The van der Waals surface area contributed by atoms with Crippen molar-refractivity contribution in [2.45, 2.75) is 37.5 Å². The molecule has 0 saturated carbocycles. The van der Waals surface area contributed by atoms with Gasteiger partial charge in [-0.05, 0) is 35.2 Å². The maximum Gasteiger partial charge on any atom is 0.491 e. The molecule has 0 saturated heterocycles. The third kappa shape index (κ3) is 10.0. The molecule has 0 radical (unpaired) electrons. The van der Waals surface area contributed by atoms with Crippen LogP contribution in [0.5, 0.6) is 0 Å². The highest BCUT2D eigenvalue weighted by molar-refractivity contribution is 5.90. The lowest BCUT2D eigenvalue weighted by Gasteiger charge is -2.23. The molecule has 4 N–H and O–H groups in total. The minimum Gasteiger partial charge on any atom is -0.394 e. The summed E-state index contributed by atoms with van der Waals surface area (Å²) in [5, 5.41) is 17.6. The molecule has 13 heteroatoms. The molecule has 0 bridgehead atoms. The summed E-state index contributed by atoms with van der Waals surface area (Å²) >= 11 is 0. The summed E-state index contributed by atoms with van der Waals surface area (Å²) in [5.41, 5.74) is 1.97. The number of amides is 2. The summed E-state index contributed by atoms with van der Waals surface area (Å²) in [6, 6.07) is 18.3. The molecule has 0 aliphatic rings. The van der Waals surface area contributed by atoms with E-state index in [1.54, 1.807) is 48.7 Å². The second kappa shape index (κ2) is 15.3. The molecule has 10 nitrogen and oxygen atoms in total. The minimum absolute atomic E-state index is 0.0138. The molecular weight excluding hydrogens is 557 g/mol. The Labute approximate surface area is 239 Å². The van der Waals surface area contributed by atoms with Crippen molar-refractivity contribution in [3.8, 4) is 11.1 Å². The molecule has 0 aliphatic heterocycles. The number of carbonyl (C=O) groups excluding carboxylic acids is 4. The van der Waals surface area contributed by atoms with E-state index in [-0.39, 0.29) is 6.42 Å². The van der Waals surface area contributed by atoms with Crippen LogP contribution in [0.1, 0.15) is 30.9 Å². The number of rotatable bonds is 13. The molecule has 2 aromatic carbocycles. The van der Waals surface area contributed by atoms with E-state index in [1.165, 1.54) is 0 Å². The zero-order chi connectivity index (χ0) is 30.5. The van der Waals surface area contributed by atoms with Gasteiger partial charge in [-0.15, -0.1) is 0 Å². The number of aromatic nitrogens is 1. The zero-order valence-electron chi connectivity index (χ0n) is 22.3. The Balaban J connectivity index is 1.65. The first-order valence-electron chi connectivity index (χ1n) is 12.9. The molecule has 1 unspecified atom stereocenters. The Kier molecular flexibility index (Phi) is 11.6. The van der Waals surface area contributed by atoms with Gasteiger partial charge in [-0.25, -0.2) is 9.78 Å². The number of alkyl halides is 3. The highest BCUT2D eigenvalue weighted by atomic mass is 19.4. The first-order chi connectivity index (χ1) is 20.1. The number of pyridine rings is 1. The van der Waals surface area contributed by atoms with E-state index in [4.69, 9.17) is 0 Å². The second-order valence-corrected chi connectivity index (χ2v) is 9.06. The topological polar surface area (TPSA) is 147 Å². The van der Waals surface area contributed by atoms with E-state index in [0.29, 0.717) is 24.3 Å². The zero-order valence-corrected chi connectivity index (χ0v) is 22.3. The number of hydrogen-bond acceptors (Lipinski definition) is 8. The minimum atomic E-state index is -5.38. The lowest BCUT2D eigenvalue weighted by molar-refractivity contribution is -0.202. The molecule has 2 atom stereocenters. The monoisotopic (exact) mass is 586 g/mol. The van der Waals surface area contributed by atoms with Gasteiger partial charge < -0.3 is 25.8 Å². The number of hydrogen-bond donors (Lipinski definition) is 4. The average molecular weight is 587 g/mol. The first kappa shape index (κ1) is 31.7. The summed E-state index contributed by atoms with van der Waals surface area (Å²) in [7, 11) is 0. The van der Waals surface area contributed by atoms with E-state index in [0.717, 1.165) is 11.1 Å². The van der Waals surface area contributed by atoms with Crippen LogP contribution in [0.15, 0.2) is 79.0 Å². The molecule has 1 heterocycles. The number of aliphatic hydroxyl groups is 1. The molecule has 222 valence electrons. The Bertz CT molecular complexity index is 1340. The van der Waals surface area contributed by atoms with Gasteiger partial charge in [0.2, 0.25) is 11.8 Å². The van der Waals surface area contributed by atoms with Crippen LogP contribution in [0.25, 0.3) is 11.1 Å². The van der Waals surface area contributed by atoms with Gasteiger partial charge in [-0.2, -0.15) is 13.2 Å². The van der Waals surface area contributed by atoms with Crippen molar-refractivity contribution in [2.24, 2.45) is 0 Å². The fourth-order valence-corrected chi connectivity index (χ4v) is 3.83. The highest BCUT2D eigenvalue weighted by Crippen LogP contribution is 2.25. The van der Waals surface area contributed by atoms with Crippen molar-refractivity contribution >= 4 is 29.6 Å². The summed E-state index contributed by atoms with van der Waals surface area (Å²) in [5.74, 6) is -5.02. The van der Waals surface area contributed by atoms with Crippen molar-refractivity contribution in [1.82, 2.24) is 15.6 Å². The molecule has 2 amide bonds. The first-order valence-corrected chi connectivity index (χ1v) is 12.9. The van der Waals surface area contributed by atoms with Crippen LogP contribution in [0.3, 0.4) is 0 Å². The van der Waals surface area contributed by atoms with E-state index >= 15 is 0 Å². The van der Waals surface area contributed by atoms with Crippen LogP contribution in [0.4, 0.5) is 19.0 Å². The van der Waals surface area contributed by atoms with Gasteiger partial charge in [-0.1, -0.05) is 60.7 Å². The van der Waals surface area contributed by atoms with Gasteiger partial charge in [0.15, 0.2) is 0 Å². The van der Waals surface area contributed by atoms with Crippen molar-refractivity contribution in [3.05, 3.63) is 84.6 Å². The third-order valence-electron chi connectivity index (χ3n) is 5.93. The predicted molar refractivity (Wildman–Crippen MR) is 146 cm³/mol. The maximum absolute atomic E-state index is 13.0. The van der Waals surface area contributed by atoms with E-state index < -0.39 is 55.0 Å². The fraction of sp³-hybridized carbons (Fsp3) is 0.276. The van der Waals surface area contributed by atoms with Gasteiger partial charge in [0.1, 0.15) is 11.9 Å². The number of benzene rings is 2. The summed E-state index contributed by atoms with van der Waals surface area (Å²) in [4.78, 5) is 52.8. The van der Waals surface area contributed by atoms with Gasteiger partial charge in [0.25, 0.3) is 0 Å². The van der Waals surface area contributed by atoms with Crippen LogP contribution < -0.4 is 16.0 Å². The van der Waals surface area contributed by atoms with Crippen LogP contribution in [0, 0.1) is 0 Å². The quantitative estimate of drug-likeness (QED) is 0.136. The van der Waals surface area contributed by atoms with Crippen LogP contribution in [-0.2, 0) is 23.9 Å². The number of aliphatic hydroxyl groups excluding tert-OH is 1.